The molecule has 0 radical (unpaired) electrons. The third kappa shape index (κ3) is 1.62. The zero-order valence-electron chi connectivity index (χ0n) is 10.7. The molecule has 0 saturated heterocycles. The van der Waals surface area contributed by atoms with Crippen LogP contribution in [0.15, 0.2) is 41.3 Å². The molecule has 2 heterocycles. The molecule has 0 bridgehead atoms. The Morgan fingerprint density at radius 1 is 1.16 bits per heavy atom. The number of hydrogen-bond donors (Lipinski definition) is 1. The number of pyridine rings is 1. The first-order chi connectivity index (χ1) is 9.09. The third-order valence-corrected chi connectivity index (χ3v) is 3.25. The van der Waals surface area contributed by atoms with Gasteiger partial charge in [-0.2, -0.15) is 5.10 Å². The number of aromatic nitrogens is 3. The van der Waals surface area contributed by atoms with Crippen LogP contribution in [-0.2, 0) is 14.1 Å². The lowest BCUT2D eigenvalue weighted by Crippen LogP contribution is -2.19. The summed E-state index contributed by atoms with van der Waals surface area (Å²) in [6.07, 6.45) is 1.74. The predicted molar refractivity (Wildman–Crippen MR) is 73.1 cm³/mol. The van der Waals surface area contributed by atoms with Crippen molar-refractivity contribution in [2.24, 2.45) is 14.1 Å². The molecule has 0 fully saturated rings. The van der Waals surface area contributed by atoms with E-state index in [0.717, 1.165) is 0 Å². The molecular formula is C14H13N3O2. The van der Waals surface area contributed by atoms with Gasteiger partial charge in [0.2, 0.25) is 0 Å². The summed E-state index contributed by atoms with van der Waals surface area (Å²) in [5, 5.41) is 15.2. The molecule has 19 heavy (non-hydrogen) atoms. The fourth-order valence-electron chi connectivity index (χ4n) is 2.26. The largest absolute Gasteiger partial charge is 0.506 e. The van der Waals surface area contributed by atoms with Crippen molar-refractivity contribution in [1.29, 1.82) is 0 Å². The van der Waals surface area contributed by atoms with E-state index < -0.39 is 0 Å². The average molecular weight is 255 g/mol. The van der Waals surface area contributed by atoms with Crippen LogP contribution >= 0.6 is 0 Å². The van der Waals surface area contributed by atoms with Gasteiger partial charge in [-0.1, -0.05) is 12.1 Å². The highest BCUT2D eigenvalue weighted by Gasteiger charge is 2.17. The second-order valence-corrected chi connectivity index (χ2v) is 4.48. The van der Waals surface area contributed by atoms with Gasteiger partial charge in [-0.15, -0.1) is 0 Å². The molecule has 1 N–H and O–H groups in total. The maximum Gasteiger partial charge on any atom is 0.264 e. The maximum absolute atomic E-state index is 12.4. The summed E-state index contributed by atoms with van der Waals surface area (Å²) in [4.78, 5) is 12.4. The molecule has 0 unspecified atom stereocenters. The summed E-state index contributed by atoms with van der Waals surface area (Å²) in [5.74, 6) is -0.0163. The molecule has 3 rings (SSSR count). The van der Waals surface area contributed by atoms with Gasteiger partial charge in [0.1, 0.15) is 17.0 Å². The van der Waals surface area contributed by atoms with Crippen LogP contribution in [0.3, 0.4) is 0 Å². The highest BCUT2D eigenvalue weighted by Crippen LogP contribution is 2.31. The van der Waals surface area contributed by atoms with E-state index in [2.05, 4.69) is 5.10 Å². The van der Waals surface area contributed by atoms with Gasteiger partial charge in [0, 0.05) is 25.7 Å². The summed E-state index contributed by atoms with van der Waals surface area (Å²) >= 11 is 0. The zero-order valence-corrected chi connectivity index (χ0v) is 10.7. The Bertz CT molecular complexity index is 830. The Kier molecular flexibility index (Phi) is 2.41. The van der Waals surface area contributed by atoms with Crippen molar-refractivity contribution in [3.63, 3.8) is 0 Å². The number of nitrogens with zero attached hydrogens (tertiary/aromatic N) is 3. The average Bonchev–Trinajstić information content (AvgIpc) is 2.83. The van der Waals surface area contributed by atoms with Gasteiger partial charge in [0.15, 0.2) is 0 Å². The minimum Gasteiger partial charge on any atom is -0.506 e. The van der Waals surface area contributed by atoms with Gasteiger partial charge < -0.3 is 9.67 Å². The van der Waals surface area contributed by atoms with Crippen molar-refractivity contribution < 1.29 is 5.11 Å². The van der Waals surface area contributed by atoms with E-state index in [1.807, 2.05) is 12.1 Å². The number of aryl methyl sites for hydroxylation is 2. The standard InChI is InChI=1S/C14H13N3O2/c1-16-8-7-10(15-16)12-13(18)9-5-3-4-6-11(9)17(2)14(12)19/h3-8,18H,1-2H3. The first-order valence-corrected chi connectivity index (χ1v) is 5.90. The normalized spacial score (nSPS) is 11.1. The highest BCUT2D eigenvalue weighted by atomic mass is 16.3. The number of hydrogen-bond acceptors (Lipinski definition) is 3. The van der Waals surface area contributed by atoms with Gasteiger partial charge in [-0.05, 0) is 18.2 Å². The Balaban J connectivity index is 2.46. The van der Waals surface area contributed by atoms with Crippen LogP contribution in [0.2, 0.25) is 0 Å². The lowest BCUT2D eigenvalue weighted by molar-refractivity contribution is 0.481. The van der Waals surface area contributed by atoms with Crippen molar-refractivity contribution in [2.75, 3.05) is 0 Å². The van der Waals surface area contributed by atoms with Gasteiger partial charge in [-0.25, -0.2) is 0 Å². The van der Waals surface area contributed by atoms with Gasteiger partial charge in [0.05, 0.1) is 5.52 Å². The molecule has 0 atom stereocenters. The fraction of sp³-hybridized carbons (Fsp3) is 0.143. The number of para-hydroxylation sites is 1. The van der Waals surface area contributed by atoms with Crippen LogP contribution in [0.4, 0.5) is 0 Å². The van der Waals surface area contributed by atoms with Gasteiger partial charge in [-0.3, -0.25) is 9.48 Å². The number of benzene rings is 1. The molecular weight excluding hydrogens is 242 g/mol. The van der Waals surface area contributed by atoms with Crippen molar-refractivity contribution >= 4 is 10.9 Å². The van der Waals surface area contributed by atoms with Crippen molar-refractivity contribution in [2.45, 2.75) is 0 Å². The van der Waals surface area contributed by atoms with Crippen LogP contribution in [0.5, 0.6) is 5.75 Å². The molecule has 0 spiro atoms. The SMILES string of the molecule is Cn1ccc(-c2c(O)c3ccccc3n(C)c2=O)n1. The Morgan fingerprint density at radius 3 is 2.58 bits per heavy atom. The molecule has 96 valence electrons. The lowest BCUT2D eigenvalue weighted by Gasteiger charge is -2.10. The number of rotatable bonds is 1. The quantitative estimate of drug-likeness (QED) is 0.719. The highest BCUT2D eigenvalue weighted by molar-refractivity contribution is 5.91. The van der Waals surface area contributed by atoms with E-state index >= 15 is 0 Å². The molecule has 0 aliphatic carbocycles. The fourth-order valence-corrected chi connectivity index (χ4v) is 2.26. The van der Waals surface area contributed by atoms with E-state index in [0.29, 0.717) is 16.6 Å². The minimum atomic E-state index is -0.255. The summed E-state index contributed by atoms with van der Waals surface area (Å²) in [7, 11) is 3.46. The molecule has 0 amide bonds. The molecule has 0 saturated carbocycles. The monoisotopic (exact) mass is 255 g/mol. The second-order valence-electron chi connectivity index (χ2n) is 4.48. The third-order valence-electron chi connectivity index (χ3n) is 3.25. The first-order valence-electron chi connectivity index (χ1n) is 5.90. The van der Waals surface area contributed by atoms with E-state index in [4.69, 9.17) is 0 Å². The van der Waals surface area contributed by atoms with E-state index in [1.165, 1.54) is 4.57 Å². The van der Waals surface area contributed by atoms with Crippen LogP contribution < -0.4 is 5.56 Å². The van der Waals surface area contributed by atoms with Gasteiger partial charge in [0.25, 0.3) is 5.56 Å². The first kappa shape index (κ1) is 11.5. The number of fused-ring (bicyclic) bond motifs is 1. The van der Waals surface area contributed by atoms with Gasteiger partial charge >= 0.3 is 0 Å². The van der Waals surface area contributed by atoms with Crippen LogP contribution in [0, 0.1) is 0 Å². The molecule has 5 nitrogen and oxygen atoms in total. The zero-order chi connectivity index (χ0) is 13.6. The molecule has 0 aliphatic rings. The van der Waals surface area contributed by atoms with E-state index in [-0.39, 0.29) is 16.9 Å². The Labute approximate surface area is 109 Å². The predicted octanol–water partition coefficient (Wildman–Crippen LogP) is 1.64. The van der Waals surface area contributed by atoms with Crippen molar-refractivity contribution in [3.05, 3.63) is 46.9 Å². The Hall–Kier alpha value is -2.56. The van der Waals surface area contributed by atoms with Crippen molar-refractivity contribution in [1.82, 2.24) is 14.3 Å². The lowest BCUT2D eigenvalue weighted by atomic mass is 10.1. The van der Waals surface area contributed by atoms with E-state index in [9.17, 15) is 9.90 Å². The molecule has 5 heteroatoms. The summed E-state index contributed by atoms with van der Waals surface area (Å²) in [6.45, 7) is 0. The van der Waals surface area contributed by atoms with Crippen LogP contribution in [0.1, 0.15) is 0 Å². The minimum absolute atomic E-state index is 0.0163. The molecule has 3 aromatic rings. The summed E-state index contributed by atoms with van der Waals surface area (Å²) < 4.78 is 3.13. The van der Waals surface area contributed by atoms with Crippen molar-refractivity contribution in [3.8, 4) is 17.0 Å². The molecule has 0 aliphatic heterocycles. The summed E-state index contributed by atoms with van der Waals surface area (Å²) in [6, 6.07) is 8.97. The molecule has 1 aromatic carbocycles. The second kappa shape index (κ2) is 3.98. The Morgan fingerprint density at radius 2 is 1.89 bits per heavy atom. The smallest absolute Gasteiger partial charge is 0.264 e. The van der Waals surface area contributed by atoms with E-state index in [1.54, 1.807) is 43.2 Å². The topological polar surface area (TPSA) is 60.0 Å². The number of aromatic hydroxyl groups is 1. The maximum atomic E-state index is 12.4. The molecule has 2 aromatic heterocycles. The van der Waals surface area contributed by atoms with Crippen LogP contribution in [-0.4, -0.2) is 19.5 Å². The summed E-state index contributed by atoms with van der Waals surface area (Å²) in [5.41, 5.74) is 1.16. The van der Waals surface area contributed by atoms with Crippen LogP contribution in [0.25, 0.3) is 22.2 Å².